The summed E-state index contributed by atoms with van der Waals surface area (Å²) in [6, 6.07) is 11.9. The summed E-state index contributed by atoms with van der Waals surface area (Å²) in [6.07, 6.45) is 4.84. The van der Waals surface area contributed by atoms with E-state index in [1.54, 1.807) is 19.2 Å². The quantitative estimate of drug-likeness (QED) is 0.436. The number of aromatic amines is 1. The molecule has 3 aromatic rings. The van der Waals surface area contributed by atoms with Crippen LogP contribution in [0.25, 0.3) is 10.9 Å². The van der Waals surface area contributed by atoms with Crippen LogP contribution < -0.4 is 4.74 Å². The van der Waals surface area contributed by atoms with E-state index in [4.69, 9.17) is 9.47 Å². The molecule has 2 N–H and O–H groups in total. The third kappa shape index (κ3) is 4.21. The Morgan fingerprint density at radius 1 is 1.24 bits per heavy atom. The van der Waals surface area contributed by atoms with E-state index in [2.05, 4.69) is 42.8 Å². The molecule has 0 amide bonds. The number of likely N-dealkylation sites (tertiary alicyclic amines) is 1. The van der Waals surface area contributed by atoms with Gasteiger partial charge in [0.1, 0.15) is 5.75 Å². The molecule has 1 aromatic heterocycles. The van der Waals surface area contributed by atoms with Gasteiger partial charge in [0.15, 0.2) is 0 Å². The first-order chi connectivity index (χ1) is 16.3. The molecule has 182 valence electrons. The minimum absolute atomic E-state index is 0.155. The molecule has 1 saturated heterocycles. The van der Waals surface area contributed by atoms with Crippen molar-refractivity contribution in [2.45, 2.75) is 71.2 Å². The summed E-state index contributed by atoms with van der Waals surface area (Å²) in [4.78, 5) is 17.4. The van der Waals surface area contributed by atoms with Crippen LogP contribution in [0.1, 0.15) is 67.1 Å². The average molecular weight is 465 g/mol. The van der Waals surface area contributed by atoms with Crippen LogP contribution in [-0.2, 0) is 16.8 Å². The number of nitrogens with one attached hydrogen (secondary N) is 1. The Labute approximate surface area is 201 Å². The molecular formula is C28H36N2O4. The second-order valence-corrected chi connectivity index (χ2v) is 9.40. The molecular weight excluding hydrogens is 428 g/mol. The second-order valence-electron chi connectivity index (χ2n) is 9.40. The van der Waals surface area contributed by atoms with Gasteiger partial charge in [-0.05, 0) is 75.4 Å². The second kappa shape index (κ2) is 9.80. The number of carboxylic acid groups (broad SMARTS) is 1. The summed E-state index contributed by atoms with van der Waals surface area (Å²) < 4.78 is 12.0. The summed E-state index contributed by atoms with van der Waals surface area (Å²) >= 11 is 0. The lowest BCUT2D eigenvalue weighted by molar-refractivity contribution is -0.0889. The van der Waals surface area contributed by atoms with Crippen LogP contribution >= 0.6 is 0 Å². The first-order valence-electron chi connectivity index (χ1n) is 12.2. The van der Waals surface area contributed by atoms with E-state index in [0.29, 0.717) is 12.2 Å². The van der Waals surface area contributed by atoms with Crippen molar-refractivity contribution in [2.75, 3.05) is 13.7 Å². The van der Waals surface area contributed by atoms with Gasteiger partial charge in [-0.15, -0.1) is 0 Å². The number of aromatic nitrogens is 1. The number of piperidine rings is 1. The van der Waals surface area contributed by atoms with E-state index in [1.807, 2.05) is 25.3 Å². The number of ether oxygens (including phenoxy) is 2. The fourth-order valence-corrected chi connectivity index (χ4v) is 5.89. The molecule has 3 atom stereocenters. The normalized spacial score (nSPS) is 23.3. The summed E-state index contributed by atoms with van der Waals surface area (Å²) in [6.45, 7) is 10.1. The molecule has 0 aliphatic carbocycles. The van der Waals surface area contributed by atoms with E-state index < -0.39 is 5.97 Å². The van der Waals surface area contributed by atoms with Crippen molar-refractivity contribution >= 4 is 16.9 Å². The third-order valence-electron chi connectivity index (χ3n) is 7.57. The largest absolute Gasteiger partial charge is 0.496 e. The summed E-state index contributed by atoms with van der Waals surface area (Å²) in [5.74, 6) is -0.00707. The topological polar surface area (TPSA) is 74.8 Å². The van der Waals surface area contributed by atoms with Gasteiger partial charge < -0.3 is 19.6 Å². The maximum Gasteiger partial charge on any atom is 0.335 e. The predicted molar refractivity (Wildman–Crippen MR) is 135 cm³/mol. The number of hydrogen-bond donors (Lipinski definition) is 2. The Balaban J connectivity index is 1.83. The SMILES string of the molecule is CCO[C@H]1C[C@H](C)N(Cc2c(OC)cc(C)c3[nH]ccc23)C(CC)(c2ccc(C(=O)O)cc2)C1. The third-order valence-corrected chi connectivity index (χ3v) is 7.57. The van der Waals surface area contributed by atoms with Crippen LogP contribution in [0.5, 0.6) is 5.75 Å². The number of aryl methyl sites for hydroxylation is 1. The molecule has 1 unspecified atom stereocenters. The van der Waals surface area contributed by atoms with E-state index >= 15 is 0 Å². The van der Waals surface area contributed by atoms with Gasteiger partial charge in [-0.1, -0.05) is 19.1 Å². The highest BCUT2D eigenvalue weighted by atomic mass is 16.5. The van der Waals surface area contributed by atoms with Crippen molar-refractivity contribution in [3.63, 3.8) is 0 Å². The van der Waals surface area contributed by atoms with Crippen LogP contribution in [0.15, 0.2) is 42.6 Å². The average Bonchev–Trinajstić information content (AvgIpc) is 3.32. The van der Waals surface area contributed by atoms with Gasteiger partial charge in [0.2, 0.25) is 0 Å². The maximum atomic E-state index is 11.5. The minimum Gasteiger partial charge on any atom is -0.496 e. The first kappa shape index (κ1) is 24.3. The number of H-pyrrole nitrogens is 1. The van der Waals surface area contributed by atoms with E-state index in [1.165, 1.54) is 10.9 Å². The summed E-state index contributed by atoms with van der Waals surface area (Å²) in [5, 5.41) is 10.6. The molecule has 2 heterocycles. The number of rotatable bonds is 8. The van der Waals surface area contributed by atoms with Crippen molar-refractivity contribution in [1.82, 2.24) is 9.88 Å². The number of carbonyl (C=O) groups is 1. The van der Waals surface area contributed by atoms with Crippen LogP contribution in [0.4, 0.5) is 0 Å². The fraction of sp³-hybridized carbons (Fsp3) is 0.464. The van der Waals surface area contributed by atoms with Gasteiger partial charge in [-0.2, -0.15) is 0 Å². The van der Waals surface area contributed by atoms with E-state index in [0.717, 1.165) is 48.2 Å². The fourth-order valence-electron chi connectivity index (χ4n) is 5.89. The Bertz CT molecular complexity index is 1150. The lowest BCUT2D eigenvalue weighted by Crippen LogP contribution is -2.56. The zero-order chi connectivity index (χ0) is 24.5. The molecule has 2 aromatic carbocycles. The number of fused-ring (bicyclic) bond motifs is 1. The number of benzene rings is 2. The number of nitrogens with zero attached hydrogens (tertiary/aromatic N) is 1. The van der Waals surface area contributed by atoms with Crippen LogP contribution in [0, 0.1) is 6.92 Å². The van der Waals surface area contributed by atoms with Crippen molar-refractivity contribution in [1.29, 1.82) is 0 Å². The van der Waals surface area contributed by atoms with Crippen molar-refractivity contribution in [3.05, 3.63) is 64.8 Å². The molecule has 4 rings (SSSR count). The molecule has 6 heteroatoms. The number of carboxylic acids is 1. The Morgan fingerprint density at radius 2 is 1.97 bits per heavy atom. The lowest BCUT2D eigenvalue weighted by atomic mass is 9.74. The van der Waals surface area contributed by atoms with Crippen LogP contribution in [-0.4, -0.2) is 46.8 Å². The number of methoxy groups -OCH3 is 1. The molecule has 0 radical (unpaired) electrons. The molecule has 6 nitrogen and oxygen atoms in total. The summed E-state index contributed by atoms with van der Waals surface area (Å²) in [7, 11) is 1.74. The molecule has 34 heavy (non-hydrogen) atoms. The van der Waals surface area contributed by atoms with Gasteiger partial charge in [0.05, 0.1) is 18.8 Å². The number of hydrogen-bond acceptors (Lipinski definition) is 4. The van der Waals surface area contributed by atoms with E-state index in [9.17, 15) is 9.90 Å². The highest BCUT2D eigenvalue weighted by Gasteiger charge is 2.46. The van der Waals surface area contributed by atoms with Crippen molar-refractivity contribution < 1.29 is 19.4 Å². The molecule has 0 bridgehead atoms. The maximum absolute atomic E-state index is 11.5. The molecule has 1 aliphatic rings. The molecule has 0 spiro atoms. The Kier molecular flexibility index (Phi) is 7.01. The number of aromatic carboxylic acids is 1. The lowest BCUT2D eigenvalue weighted by Gasteiger charge is -2.53. The monoisotopic (exact) mass is 464 g/mol. The standard InChI is InChI=1S/C28H36N2O4/c1-6-28(21-10-8-20(9-11-21)27(31)32)16-22(34-7-2)15-19(4)30(28)17-24-23-12-13-29-26(23)18(3)14-25(24)33-5/h8-14,19,22,29H,6-7,15-17H2,1-5H3,(H,31,32)/t19-,22-,28?/m0/s1. The molecule has 0 saturated carbocycles. The Morgan fingerprint density at radius 3 is 2.59 bits per heavy atom. The van der Waals surface area contributed by atoms with Crippen LogP contribution in [0.2, 0.25) is 0 Å². The summed E-state index contributed by atoms with van der Waals surface area (Å²) in [5.41, 5.74) is 4.63. The highest BCUT2D eigenvalue weighted by Crippen LogP contribution is 2.46. The zero-order valence-electron chi connectivity index (χ0n) is 20.9. The van der Waals surface area contributed by atoms with Gasteiger partial charge in [-0.25, -0.2) is 4.79 Å². The van der Waals surface area contributed by atoms with Crippen molar-refractivity contribution in [2.24, 2.45) is 0 Å². The first-order valence-corrected chi connectivity index (χ1v) is 12.2. The highest BCUT2D eigenvalue weighted by molar-refractivity contribution is 5.88. The van der Waals surface area contributed by atoms with Crippen LogP contribution in [0.3, 0.4) is 0 Å². The molecule has 1 fully saturated rings. The van der Waals surface area contributed by atoms with Gasteiger partial charge >= 0.3 is 5.97 Å². The minimum atomic E-state index is -0.905. The van der Waals surface area contributed by atoms with Gasteiger partial charge in [0.25, 0.3) is 0 Å². The van der Waals surface area contributed by atoms with Gasteiger partial charge in [0, 0.05) is 47.4 Å². The smallest absolute Gasteiger partial charge is 0.335 e. The zero-order valence-corrected chi connectivity index (χ0v) is 20.9. The van der Waals surface area contributed by atoms with E-state index in [-0.39, 0.29) is 17.7 Å². The predicted octanol–water partition coefficient (Wildman–Crippen LogP) is 5.88. The Hall–Kier alpha value is -2.83. The van der Waals surface area contributed by atoms with Gasteiger partial charge in [-0.3, -0.25) is 4.90 Å². The molecule has 1 aliphatic heterocycles. The van der Waals surface area contributed by atoms with Crippen molar-refractivity contribution in [3.8, 4) is 5.75 Å².